The Morgan fingerprint density at radius 2 is 1.72 bits per heavy atom. The number of carboxylic acid groups (broad SMARTS) is 1. The predicted molar refractivity (Wildman–Crippen MR) is 70.2 cm³/mol. The topological polar surface area (TPSA) is 67.8 Å². The third-order valence-corrected chi connectivity index (χ3v) is 2.17. The molecule has 5 nitrogen and oxygen atoms in total. The van der Waals surface area contributed by atoms with Gasteiger partial charge >= 0.3 is 0 Å². The first-order chi connectivity index (χ1) is 8.71. The zero-order chi connectivity index (χ0) is 13.8. The Bertz CT molecular complexity index is 320. The average Bonchev–Trinajstić information content (AvgIpc) is 2.39. The second-order valence-corrected chi connectivity index (χ2v) is 3.50. The van der Waals surface area contributed by atoms with E-state index in [2.05, 4.69) is 12.2 Å². The number of methoxy groups -OCH3 is 2. The smallest absolute Gasteiger partial charge is 0.290 e. The van der Waals surface area contributed by atoms with Crippen molar-refractivity contribution < 1.29 is 19.4 Å². The van der Waals surface area contributed by atoms with Gasteiger partial charge in [-0.1, -0.05) is 6.92 Å². The lowest BCUT2D eigenvalue weighted by molar-refractivity contribution is -0.122. The molecule has 0 fully saturated rings. The number of ether oxygens (including phenoxy) is 2. The molecule has 2 N–H and O–H groups in total. The number of hydrogen-bond donors (Lipinski definition) is 2. The first-order valence-corrected chi connectivity index (χ1v) is 5.72. The summed E-state index contributed by atoms with van der Waals surface area (Å²) in [5, 5.41) is 10.2. The van der Waals surface area contributed by atoms with Gasteiger partial charge in [-0.2, -0.15) is 0 Å². The Morgan fingerprint density at radius 3 is 2.11 bits per heavy atom. The van der Waals surface area contributed by atoms with Crippen molar-refractivity contribution in [2.45, 2.75) is 19.9 Å². The molecule has 0 spiro atoms. The highest BCUT2D eigenvalue weighted by Gasteiger charge is 2.00. The summed E-state index contributed by atoms with van der Waals surface area (Å²) in [7, 11) is 3.33. The van der Waals surface area contributed by atoms with Crippen LogP contribution in [0.1, 0.15) is 18.9 Å². The Balaban J connectivity index is 0.000000873. The summed E-state index contributed by atoms with van der Waals surface area (Å²) < 4.78 is 10.4. The first-order valence-electron chi connectivity index (χ1n) is 5.72. The minimum Gasteiger partial charge on any atom is -0.497 e. The highest BCUT2D eigenvalue weighted by molar-refractivity contribution is 5.38. The van der Waals surface area contributed by atoms with Crippen LogP contribution in [0.5, 0.6) is 11.5 Å². The average molecular weight is 255 g/mol. The Morgan fingerprint density at radius 1 is 1.22 bits per heavy atom. The zero-order valence-corrected chi connectivity index (χ0v) is 11.1. The highest BCUT2D eigenvalue weighted by Crippen LogP contribution is 2.22. The fraction of sp³-hybridized carbons (Fsp3) is 0.462. The van der Waals surface area contributed by atoms with Crippen LogP contribution in [0.15, 0.2) is 18.2 Å². The van der Waals surface area contributed by atoms with Crippen LogP contribution in [0, 0.1) is 0 Å². The van der Waals surface area contributed by atoms with Gasteiger partial charge in [0.15, 0.2) is 0 Å². The SMILES string of the molecule is CCCNCc1cc(OC)cc(OC)c1.O=CO. The van der Waals surface area contributed by atoms with Gasteiger partial charge in [0.1, 0.15) is 11.5 Å². The van der Waals surface area contributed by atoms with Gasteiger partial charge in [-0.05, 0) is 30.7 Å². The molecular formula is C13H21NO4. The van der Waals surface area contributed by atoms with Crippen molar-refractivity contribution in [1.29, 1.82) is 0 Å². The van der Waals surface area contributed by atoms with Gasteiger partial charge in [0.05, 0.1) is 14.2 Å². The van der Waals surface area contributed by atoms with Gasteiger partial charge in [0.2, 0.25) is 0 Å². The number of rotatable bonds is 6. The van der Waals surface area contributed by atoms with Gasteiger partial charge in [-0.15, -0.1) is 0 Å². The number of benzene rings is 1. The lowest BCUT2D eigenvalue weighted by atomic mass is 10.2. The van der Waals surface area contributed by atoms with E-state index < -0.39 is 0 Å². The maximum absolute atomic E-state index is 8.36. The summed E-state index contributed by atoms with van der Waals surface area (Å²) in [6.45, 7) is 3.78. The van der Waals surface area contributed by atoms with Crippen LogP contribution in [0.4, 0.5) is 0 Å². The molecule has 0 aliphatic heterocycles. The molecule has 0 aliphatic carbocycles. The van der Waals surface area contributed by atoms with Crippen molar-refractivity contribution in [2.24, 2.45) is 0 Å². The zero-order valence-electron chi connectivity index (χ0n) is 11.1. The van der Waals surface area contributed by atoms with Gasteiger partial charge in [0, 0.05) is 12.6 Å². The summed E-state index contributed by atoms with van der Waals surface area (Å²) in [5.41, 5.74) is 1.18. The van der Waals surface area contributed by atoms with Gasteiger partial charge < -0.3 is 19.9 Å². The number of carbonyl (C=O) groups is 1. The van der Waals surface area contributed by atoms with E-state index in [-0.39, 0.29) is 6.47 Å². The minimum atomic E-state index is -0.250. The van der Waals surface area contributed by atoms with Gasteiger partial charge in [-0.3, -0.25) is 4.79 Å². The molecule has 1 aromatic rings. The highest BCUT2D eigenvalue weighted by atomic mass is 16.5. The van der Waals surface area contributed by atoms with Crippen molar-refractivity contribution in [3.63, 3.8) is 0 Å². The Hall–Kier alpha value is -1.75. The van der Waals surface area contributed by atoms with Crippen LogP contribution in [0.3, 0.4) is 0 Å². The van der Waals surface area contributed by atoms with Gasteiger partial charge in [-0.25, -0.2) is 0 Å². The summed E-state index contributed by atoms with van der Waals surface area (Å²) >= 11 is 0. The molecule has 1 rings (SSSR count). The second-order valence-electron chi connectivity index (χ2n) is 3.50. The first kappa shape index (κ1) is 16.2. The quantitative estimate of drug-likeness (QED) is 0.600. The fourth-order valence-electron chi connectivity index (χ4n) is 1.38. The van der Waals surface area contributed by atoms with Crippen molar-refractivity contribution in [2.75, 3.05) is 20.8 Å². The van der Waals surface area contributed by atoms with Crippen LogP contribution in [-0.4, -0.2) is 32.3 Å². The summed E-state index contributed by atoms with van der Waals surface area (Å²) in [4.78, 5) is 8.36. The molecule has 0 saturated heterocycles. The van der Waals surface area contributed by atoms with E-state index in [1.54, 1.807) is 14.2 Å². The van der Waals surface area contributed by atoms with E-state index in [9.17, 15) is 0 Å². The summed E-state index contributed by atoms with van der Waals surface area (Å²) in [5.74, 6) is 1.67. The predicted octanol–water partition coefficient (Wildman–Crippen LogP) is 1.90. The monoisotopic (exact) mass is 255 g/mol. The van der Waals surface area contributed by atoms with E-state index in [1.165, 1.54) is 5.56 Å². The summed E-state index contributed by atoms with van der Waals surface area (Å²) in [6, 6.07) is 5.92. The molecule has 0 heterocycles. The fourth-order valence-corrected chi connectivity index (χ4v) is 1.38. The molecular weight excluding hydrogens is 234 g/mol. The molecule has 0 atom stereocenters. The molecule has 0 aliphatic rings. The van der Waals surface area contributed by atoms with Gasteiger partial charge in [0.25, 0.3) is 6.47 Å². The number of hydrogen-bond acceptors (Lipinski definition) is 4. The molecule has 0 unspecified atom stereocenters. The molecule has 5 heteroatoms. The molecule has 0 bridgehead atoms. The van der Waals surface area contributed by atoms with Crippen LogP contribution in [-0.2, 0) is 11.3 Å². The molecule has 0 amide bonds. The number of nitrogens with one attached hydrogen (secondary N) is 1. The molecule has 1 aromatic carbocycles. The summed E-state index contributed by atoms with van der Waals surface area (Å²) in [6.07, 6.45) is 1.14. The van der Waals surface area contributed by atoms with Crippen molar-refractivity contribution in [3.05, 3.63) is 23.8 Å². The lowest BCUT2D eigenvalue weighted by Crippen LogP contribution is -2.13. The molecule has 0 aromatic heterocycles. The van der Waals surface area contributed by atoms with Crippen LogP contribution in [0.25, 0.3) is 0 Å². The Labute approximate surface area is 108 Å². The maximum Gasteiger partial charge on any atom is 0.290 e. The normalized spacial score (nSPS) is 9.06. The van der Waals surface area contributed by atoms with Crippen LogP contribution < -0.4 is 14.8 Å². The van der Waals surface area contributed by atoms with Crippen LogP contribution >= 0.6 is 0 Å². The van der Waals surface area contributed by atoms with E-state index >= 15 is 0 Å². The van der Waals surface area contributed by atoms with Crippen LogP contribution in [0.2, 0.25) is 0 Å². The minimum absolute atomic E-state index is 0.250. The van der Waals surface area contributed by atoms with E-state index in [1.807, 2.05) is 18.2 Å². The third kappa shape index (κ3) is 6.75. The third-order valence-electron chi connectivity index (χ3n) is 2.17. The standard InChI is InChI=1S/C12H19NO2.CH2O2/c1-4-5-13-9-10-6-11(14-2)8-12(7-10)15-3;2-1-3/h6-8,13H,4-5,9H2,1-3H3;1H,(H,2,3). The van der Waals surface area contributed by atoms with E-state index in [0.717, 1.165) is 31.0 Å². The lowest BCUT2D eigenvalue weighted by Gasteiger charge is -2.08. The van der Waals surface area contributed by atoms with E-state index in [4.69, 9.17) is 19.4 Å². The Kier molecular flexibility index (Phi) is 9.40. The molecule has 102 valence electrons. The maximum atomic E-state index is 8.36. The second kappa shape index (κ2) is 10.4. The molecule has 18 heavy (non-hydrogen) atoms. The van der Waals surface area contributed by atoms with Crippen molar-refractivity contribution >= 4 is 6.47 Å². The largest absolute Gasteiger partial charge is 0.497 e. The van der Waals surface area contributed by atoms with Crippen molar-refractivity contribution in [1.82, 2.24) is 5.32 Å². The van der Waals surface area contributed by atoms with E-state index in [0.29, 0.717) is 0 Å². The molecule has 0 radical (unpaired) electrons. The van der Waals surface area contributed by atoms with Crippen molar-refractivity contribution in [3.8, 4) is 11.5 Å². The molecule has 0 saturated carbocycles.